The molecule has 0 spiro atoms. The Morgan fingerprint density at radius 3 is 2.52 bits per heavy atom. The van der Waals surface area contributed by atoms with E-state index in [1.807, 2.05) is 30.9 Å². The normalized spacial score (nSPS) is 16.7. The molecule has 2 N–H and O–H groups in total. The Kier molecular flexibility index (Phi) is 11.4. The third-order valence-corrected chi connectivity index (χ3v) is 4.77. The monoisotopic (exact) mass is 516 g/mol. The van der Waals surface area contributed by atoms with Gasteiger partial charge in [0.1, 0.15) is 5.75 Å². The minimum Gasteiger partial charge on any atom is -0.493 e. The summed E-state index contributed by atoms with van der Waals surface area (Å²) in [6, 6.07) is 8.54. The molecule has 2 rings (SSSR count). The molecule has 1 unspecified atom stereocenters. The van der Waals surface area contributed by atoms with Crippen LogP contribution in [0.15, 0.2) is 29.3 Å². The minimum atomic E-state index is 0. The van der Waals surface area contributed by atoms with E-state index in [0.717, 1.165) is 50.8 Å². The zero-order chi connectivity index (χ0) is 20.5. The molecule has 1 fully saturated rings. The van der Waals surface area contributed by atoms with Crippen LogP contribution in [0.4, 0.5) is 0 Å². The molecule has 0 radical (unpaired) electrons. The van der Waals surface area contributed by atoms with Crippen LogP contribution in [0.25, 0.3) is 0 Å². The number of amides is 1. The fraction of sp³-hybridized carbons (Fsp3) is 0.636. The Morgan fingerprint density at radius 1 is 1.24 bits per heavy atom. The number of likely N-dealkylation sites (tertiary alicyclic amines) is 1. The van der Waals surface area contributed by atoms with E-state index < -0.39 is 0 Å². The van der Waals surface area contributed by atoms with Crippen molar-refractivity contribution in [3.8, 4) is 5.75 Å². The second-order valence-corrected chi connectivity index (χ2v) is 8.17. The van der Waals surface area contributed by atoms with Gasteiger partial charge in [-0.3, -0.25) is 9.79 Å². The average molecular weight is 516 g/mol. The number of hydrogen-bond acceptors (Lipinski definition) is 3. The second-order valence-electron chi connectivity index (χ2n) is 8.17. The molecule has 6 nitrogen and oxygen atoms in total. The van der Waals surface area contributed by atoms with Crippen molar-refractivity contribution in [3.63, 3.8) is 0 Å². The molecule has 29 heavy (non-hydrogen) atoms. The number of nitrogens with one attached hydrogen (secondary N) is 2. The number of carbonyl (C=O) groups is 1. The molecular formula is C22H37IN4O2. The highest BCUT2D eigenvalue weighted by Gasteiger charge is 2.27. The molecule has 1 aromatic carbocycles. The Bertz CT molecular complexity index is 647. The van der Waals surface area contributed by atoms with Crippen LogP contribution < -0.4 is 15.4 Å². The van der Waals surface area contributed by atoms with Crippen molar-refractivity contribution in [2.45, 2.75) is 46.6 Å². The van der Waals surface area contributed by atoms with Gasteiger partial charge in [-0.2, -0.15) is 0 Å². The van der Waals surface area contributed by atoms with E-state index in [2.05, 4.69) is 41.6 Å². The summed E-state index contributed by atoms with van der Waals surface area (Å²) in [5, 5.41) is 6.81. The maximum absolute atomic E-state index is 12.1. The van der Waals surface area contributed by atoms with Gasteiger partial charge in [0.25, 0.3) is 0 Å². The highest BCUT2D eigenvalue weighted by molar-refractivity contribution is 14.0. The quantitative estimate of drug-likeness (QED) is 0.316. The molecule has 1 aromatic rings. The Balaban J connectivity index is 0.00000420. The van der Waals surface area contributed by atoms with Crippen LogP contribution in [-0.2, 0) is 11.2 Å². The van der Waals surface area contributed by atoms with E-state index in [1.165, 1.54) is 5.56 Å². The predicted molar refractivity (Wildman–Crippen MR) is 130 cm³/mol. The fourth-order valence-corrected chi connectivity index (χ4v) is 3.17. The molecular weight excluding hydrogens is 479 g/mol. The van der Waals surface area contributed by atoms with E-state index in [9.17, 15) is 4.79 Å². The summed E-state index contributed by atoms with van der Waals surface area (Å²) >= 11 is 0. The first-order valence-electron chi connectivity index (χ1n) is 10.4. The number of halogens is 1. The average Bonchev–Trinajstić information content (AvgIpc) is 3.14. The van der Waals surface area contributed by atoms with Crippen molar-refractivity contribution >= 4 is 35.8 Å². The van der Waals surface area contributed by atoms with Crippen LogP contribution in [0.2, 0.25) is 0 Å². The summed E-state index contributed by atoms with van der Waals surface area (Å²) in [6.07, 6.45) is 1.87. The topological polar surface area (TPSA) is 66.0 Å². The number of hydrogen-bond donors (Lipinski definition) is 2. The summed E-state index contributed by atoms with van der Waals surface area (Å²) < 4.78 is 5.72. The summed E-state index contributed by atoms with van der Waals surface area (Å²) in [5.41, 5.74) is 1.26. The van der Waals surface area contributed by atoms with Crippen molar-refractivity contribution in [1.82, 2.24) is 15.5 Å². The Morgan fingerprint density at radius 2 is 1.93 bits per heavy atom. The van der Waals surface area contributed by atoms with Gasteiger partial charge in [0.2, 0.25) is 5.91 Å². The van der Waals surface area contributed by atoms with Gasteiger partial charge < -0.3 is 20.3 Å². The van der Waals surface area contributed by atoms with Crippen LogP contribution in [0.1, 0.15) is 39.7 Å². The first kappa shape index (κ1) is 25.5. The van der Waals surface area contributed by atoms with Gasteiger partial charge in [0.05, 0.1) is 6.61 Å². The lowest BCUT2D eigenvalue weighted by molar-refractivity contribution is -0.133. The number of ether oxygens (including phenoxy) is 1. The van der Waals surface area contributed by atoms with Gasteiger partial charge in [0.15, 0.2) is 5.96 Å². The lowest BCUT2D eigenvalue weighted by atomic mass is 10.1. The van der Waals surface area contributed by atoms with Crippen LogP contribution in [0.3, 0.4) is 0 Å². The molecule has 7 heteroatoms. The molecule has 0 aromatic heterocycles. The molecule has 0 saturated carbocycles. The first-order valence-corrected chi connectivity index (χ1v) is 10.4. The standard InChI is InChI=1S/C22H36N4O2.HI/c1-16(2)15-28-20-8-6-18(7-9-20)10-12-24-22(23-5)25-19-11-13-26(14-19)21(27)17(3)4;/h6-9,16-17,19H,10-15H2,1-5H3,(H2,23,24,25);1H. The summed E-state index contributed by atoms with van der Waals surface area (Å²) in [5.74, 6) is 2.52. The fourth-order valence-electron chi connectivity index (χ4n) is 3.17. The van der Waals surface area contributed by atoms with Gasteiger partial charge in [-0.1, -0.05) is 39.8 Å². The van der Waals surface area contributed by atoms with E-state index in [1.54, 1.807) is 7.05 Å². The zero-order valence-electron chi connectivity index (χ0n) is 18.4. The van der Waals surface area contributed by atoms with Crippen molar-refractivity contribution < 1.29 is 9.53 Å². The predicted octanol–water partition coefficient (Wildman–Crippen LogP) is 3.30. The molecule has 1 aliphatic rings. The van der Waals surface area contributed by atoms with Crippen molar-refractivity contribution in [3.05, 3.63) is 29.8 Å². The van der Waals surface area contributed by atoms with E-state index in [4.69, 9.17) is 4.74 Å². The van der Waals surface area contributed by atoms with Crippen LogP contribution in [-0.4, -0.2) is 56.1 Å². The Labute approximate surface area is 192 Å². The van der Waals surface area contributed by atoms with Gasteiger partial charge >= 0.3 is 0 Å². The number of guanidine groups is 1. The smallest absolute Gasteiger partial charge is 0.225 e. The van der Waals surface area contributed by atoms with Gasteiger partial charge in [-0.05, 0) is 36.5 Å². The van der Waals surface area contributed by atoms with E-state index in [-0.39, 0.29) is 41.8 Å². The van der Waals surface area contributed by atoms with Gasteiger partial charge in [0, 0.05) is 38.6 Å². The number of carbonyl (C=O) groups excluding carboxylic acids is 1. The highest BCUT2D eigenvalue weighted by Crippen LogP contribution is 2.14. The largest absolute Gasteiger partial charge is 0.493 e. The van der Waals surface area contributed by atoms with Crippen LogP contribution >= 0.6 is 24.0 Å². The molecule has 0 aliphatic carbocycles. The van der Waals surface area contributed by atoms with Crippen LogP contribution in [0, 0.1) is 11.8 Å². The van der Waals surface area contributed by atoms with Crippen molar-refractivity contribution in [2.75, 3.05) is 33.3 Å². The number of rotatable bonds is 8. The number of aliphatic imine (C=N–C) groups is 1. The van der Waals surface area contributed by atoms with E-state index >= 15 is 0 Å². The minimum absolute atomic E-state index is 0. The lowest BCUT2D eigenvalue weighted by Crippen LogP contribution is -2.45. The van der Waals surface area contributed by atoms with Crippen molar-refractivity contribution in [1.29, 1.82) is 0 Å². The molecule has 0 bridgehead atoms. The van der Waals surface area contributed by atoms with Crippen LogP contribution in [0.5, 0.6) is 5.75 Å². The Hall–Kier alpha value is -1.51. The SMILES string of the molecule is CN=C(NCCc1ccc(OCC(C)C)cc1)NC1CCN(C(=O)C(C)C)C1.I. The lowest BCUT2D eigenvalue weighted by Gasteiger charge is -2.20. The molecule has 1 aliphatic heterocycles. The number of nitrogens with zero attached hydrogens (tertiary/aromatic N) is 2. The third-order valence-electron chi connectivity index (χ3n) is 4.77. The summed E-state index contributed by atoms with van der Waals surface area (Å²) in [7, 11) is 1.78. The second kappa shape index (κ2) is 12.9. The zero-order valence-corrected chi connectivity index (χ0v) is 20.7. The number of benzene rings is 1. The molecule has 1 saturated heterocycles. The first-order chi connectivity index (χ1) is 13.4. The van der Waals surface area contributed by atoms with E-state index in [0.29, 0.717) is 5.92 Å². The maximum Gasteiger partial charge on any atom is 0.225 e. The molecule has 1 atom stereocenters. The summed E-state index contributed by atoms with van der Waals surface area (Å²) in [4.78, 5) is 18.4. The highest BCUT2D eigenvalue weighted by atomic mass is 127. The molecule has 1 amide bonds. The van der Waals surface area contributed by atoms with Gasteiger partial charge in [-0.25, -0.2) is 0 Å². The summed E-state index contributed by atoms with van der Waals surface area (Å²) in [6.45, 7) is 11.3. The molecule has 164 valence electrons. The molecule has 1 heterocycles. The maximum atomic E-state index is 12.1. The van der Waals surface area contributed by atoms with Crippen molar-refractivity contribution in [2.24, 2.45) is 16.8 Å². The third kappa shape index (κ3) is 8.80. The van der Waals surface area contributed by atoms with Gasteiger partial charge in [-0.15, -0.1) is 24.0 Å².